The molecule has 1 nitrogen and oxygen atoms in total. The first kappa shape index (κ1) is 32.0. The van der Waals surface area contributed by atoms with Crippen LogP contribution in [0.15, 0.2) is 0 Å². The summed E-state index contributed by atoms with van der Waals surface area (Å²) in [6.07, 6.45) is 34.6. The highest BCUT2D eigenvalue weighted by Crippen LogP contribution is 2.35. The Morgan fingerprint density at radius 3 is 1.03 bits per heavy atom. The summed E-state index contributed by atoms with van der Waals surface area (Å²) < 4.78 is 0. The van der Waals surface area contributed by atoms with Crippen molar-refractivity contribution in [1.82, 2.24) is 0 Å². The summed E-state index contributed by atoms with van der Waals surface area (Å²) in [6, 6.07) is 0. The van der Waals surface area contributed by atoms with Gasteiger partial charge in [-0.2, -0.15) is 0 Å². The summed E-state index contributed by atoms with van der Waals surface area (Å²) in [5.41, 5.74) is 7.48. The molecule has 0 bridgehead atoms. The molecule has 0 fully saturated rings. The second-order valence-electron chi connectivity index (χ2n) is 11.0. The monoisotopic (exact) mass is 452 g/mol. The van der Waals surface area contributed by atoms with Crippen molar-refractivity contribution in [3.05, 3.63) is 0 Å². The molecule has 194 valence electrons. The Balaban J connectivity index is 4.86. The highest BCUT2D eigenvalue weighted by molar-refractivity contribution is 4.91. The van der Waals surface area contributed by atoms with Gasteiger partial charge in [0, 0.05) is 5.54 Å². The third kappa shape index (κ3) is 18.4. The molecule has 1 atom stereocenters. The van der Waals surface area contributed by atoms with Crippen LogP contribution in [0, 0.1) is 5.92 Å². The predicted molar refractivity (Wildman–Crippen MR) is 149 cm³/mol. The summed E-state index contributed by atoms with van der Waals surface area (Å²) >= 11 is 0. The number of rotatable bonds is 26. The number of nitrogens with two attached hydrogens (primary N) is 1. The fourth-order valence-corrected chi connectivity index (χ4v) is 5.53. The van der Waals surface area contributed by atoms with Gasteiger partial charge in [-0.3, -0.25) is 0 Å². The maximum atomic E-state index is 7.38. The summed E-state index contributed by atoms with van der Waals surface area (Å²) in [5, 5.41) is 0. The molecule has 0 amide bonds. The number of hydrogen-bond donors (Lipinski definition) is 1. The van der Waals surface area contributed by atoms with Gasteiger partial charge in [-0.15, -0.1) is 0 Å². The third-order valence-corrected chi connectivity index (χ3v) is 7.87. The van der Waals surface area contributed by atoms with Crippen molar-refractivity contribution in [2.24, 2.45) is 11.7 Å². The first-order valence-corrected chi connectivity index (χ1v) is 15.4. The molecule has 0 aromatic rings. The van der Waals surface area contributed by atoms with Crippen LogP contribution in [0.3, 0.4) is 0 Å². The summed E-state index contributed by atoms with van der Waals surface area (Å²) in [6.45, 7) is 9.28. The van der Waals surface area contributed by atoms with Crippen molar-refractivity contribution < 1.29 is 0 Å². The van der Waals surface area contributed by atoms with Crippen molar-refractivity contribution in [3.8, 4) is 0 Å². The molecule has 0 aliphatic carbocycles. The van der Waals surface area contributed by atoms with Gasteiger partial charge in [-0.05, 0) is 31.6 Å². The van der Waals surface area contributed by atoms with Crippen LogP contribution in [0.2, 0.25) is 0 Å². The molecule has 0 aromatic heterocycles. The molecule has 0 radical (unpaired) electrons. The van der Waals surface area contributed by atoms with Gasteiger partial charge in [-0.1, -0.05) is 163 Å². The molecule has 0 spiro atoms. The zero-order valence-electron chi connectivity index (χ0n) is 23.3. The maximum absolute atomic E-state index is 7.38. The quantitative estimate of drug-likeness (QED) is 0.130. The SMILES string of the molecule is CCCCCCCCC(CCCCCCC)C(N)(CCCCCCC)CCCCCCC. The topological polar surface area (TPSA) is 26.0 Å². The van der Waals surface area contributed by atoms with E-state index in [0.717, 1.165) is 5.92 Å². The molecule has 0 rings (SSSR count). The number of hydrogen-bond acceptors (Lipinski definition) is 1. The minimum absolute atomic E-state index is 0.104. The van der Waals surface area contributed by atoms with E-state index in [0.29, 0.717) is 0 Å². The van der Waals surface area contributed by atoms with Crippen molar-refractivity contribution in [2.75, 3.05) is 0 Å². The van der Waals surface area contributed by atoms with Crippen LogP contribution in [0.5, 0.6) is 0 Å². The van der Waals surface area contributed by atoms with E-state index in [1.165, 1.54) is 161 Å². The molecule has 0 aliphatic heterocycles. The Hall–Kier alpha value is -0.0400. The first-order chi connectivity index (χ1) is 15.6. The van der Waals surface area contributed by atoms with E-state index in [1.807, 2.05) is 0 Å². The van der Waals surface area contributed by atoms with Gasteiger partial charge in [0.2, 0.25) is 0 Å². The Morgan fingerprint density at radius 1 is 0.406 bits per heavy atom. The highest BCUT2D eigenvalue weighted by atomic mass is 14.8. The smallest absolute Gasteiger partial charge is 0.0182 e. The van der Waals surface area contributed by atoms with E-state index < -0.39 is 0 Å². The fourth-order valence-electron chi connectivity index (χ4n) is 5.53. The molecule has 0 aromatic carbocycles. The van der Waals surface area contributed by atoms with Crippen molar-refractivity contribution in [1.29, 1.82) is 0 Å². The van der Waals surface area contributed by atoms with Gasteiger partial charge in [0.25, 0.3) is 0 Å². The standard InChI is InChI=1S/C31H65N/c1-5-9-13-17-19-23-27-30(26-22-18-14-10-6-2)31(32,28-24-20-15-11-7-3)29-25-21-16-12-8-4/h30H,5-29,32H2,1-4H3. The average Bonchev–Trinajstić information content (AvgIpc) is 2.79. The minimum atomic E-state index is 0.104. The Bertz CT molecular complexity index is 336. The van der Waals surface area contributed by atoms with Crippen LogP contribution < -0.4 is 5.73 Å². The van der Waals surface area contributed by atoms with Gasteiger partial charge >= 0.3 is 0 Å². The molecular weight excluding hydrogens is 386 g/mol. The van der Waals surface area contributed by atoms with Crippen LogP contribution in [-0.2, 0) is 0 Å². The minimum Gasteiger partial charge on any atom is -0.325 e. The lowest BCUT2D eigenvalue weighted by Crippen LogP contribution is -2.47. The summed E-state index contributed by atoms with van der Waals surface area (Å²) in [5.74, 6) is 0.757. The summed E-state index contributed by atoms with van der Waals surface area (Å²) in [4.78, 5) is 0. The van der Waals surface area contributed by atoms with Crippen LogP contribution in [0.1, 0.15) is 188 Å². The Kier molecular flexibility index (Phi) is 24.1. The highest BCUT2D eigenvalue weighted by Gasteiger charge is 2.33. The van der Waals surface area contributed by atoms with E-state index in [9.17, 15) is 0 Å². The van der Waals surface area contributed by atoms with E-state index in [2.05, 4.69) is 27.7 Å². The van der Waals surface area contributed by atoms with Crippen LogP contribution >= 0.6 is 0 Å². The molecule has 0 saturated heterocycles. The van der Waals surface area contributed by atoms with Crippen LogP contribution in [0.25, 0.3) is 0 Å². The van der Waals surface area contributed by atoms with Crippen molar-refractivity contribution >= 4 is 0 Å². The van der Waals surface area contributed by atoms with E-state index in [4.69, 9.17) is 5.73 Å². The zero-order chi connectivity index (χ0) is 23.8. The second kappa shape index (κ2) is 24.1. The number of unbranched alkanes of at least 4 members (excludes halogenated alkanes) is 17. The van der Waals surface area contributed by atoms with Gasteiger partial charge in [0.05, 0.1) is 0 Å². The Morgan fingerprint density at radius 2 is 0.688 bits per heavy atom. The summed E-state index contributed by atoms with van der Waals surface area (Å²) in [7, 11) is 0. The van der Waals surface area contributed by atoms with Crippen molar-refractivity contribution in [2.45, 2.75) is 194 Å². The molecule has 1 heteroatoms. The molecule has 2 N–H and O–H groups in total. The van der Waals surface area contributed by atoms with E-state index >= 15 is 0 Å². The van der Waals surface area contributed by atoms with Gasteiger partial charge in [-0.25, -0.2) is 0 Å². The average molecular weight is 452 g/mol. The molecule has 0 heterocycles. The lowest BCUT2D eigenvalue weighted by Gasteiger charge is -2.39. The zero-order valence-corrected chi connectivity index (χ0v) is 23.3. The predicted octanol–water partition coefficient (Wildman–Crippen LogP) is 11.1. The fraction of sp³-hybridized carbons (Fsp3) is 1.00. The molecule has 0 aliphatic rings. The second-order valence-corrected chi connectivity index (χ2v) is 11.0. The Labute approximate surface area is 205 Å². The van der Waals surface area contributed by atoms with Crippen LogP contribution in [-0.4, -0.2) is 5.54 Å². The van der Waals surface area contributed by atoms with E-state index in [1.54, 1.807) is 0 Å². The lowest BCUT2D eigenvalue weighted by molar-refractivity contribution is 0.189. The maximum Gasteiger partial charge on any atom is 0.0182 e. The lowest BCUT2D eigenvalue weighted by atomic mass is 9.72. The third-order valence-electron chi connectivity index (χ3n) is 7.87. The van der Waals surface area contributed by atoms with Crippen LogP contribution in [0.4, 0.5) is 0 Å². The molecule has 32 heavy (non-hydrogen) atoms. The van der Waals surface area contributed by atoms with Gasteiger partial charge in [0.15, 0.2) is 0 Å². The van der Waals surface area contributed by atoms with Crippen molar-refractivity contribution in [3.63, 3.8) is 0 Å². The largest absolute Gasteiger partial charge is 0.325 e. The molecular formula is C31H65N. The normalized spacial score (nSPS) is 13.0. The molecule has 0 saturated carbocycles. The van der Waals surface area contributed by atoms with Gasteiger partial charge in [0.1, 0.15) is 0 Å². The van der Waals surface area contributed by atoms with Gasteiger partial charge < -0.3 is 5.73 Å². The van der Waals surface area contributed by atoms with E-state index in [-0.39, 0.29) is 5.54 Å². The molecule has 1 unspecified atom stereocenters. The first-order valence-electron chi connectivity index (χ1n) is 15.4.